The van der Waals surface area contributed by atoms with Crippen LogP contribution in [0.2, 0.25) is 0 Å². The zero-order valence-corrected chi connectivity index (χ0v) is 15.3. The van der Waals surface area contributed by atoms with Crippen LogP contribution in [0.1, 0.15) is 58.5 Å². The highest BCUT2D eigenvalue weighted by atomic mass is 16.5. The summed E-state index contributed by atoms with van der Waals surface area (Å²) in [5, 5.41) is 0. The number of nitrogens with two attached hydrogens (primary N) is 1. The van der Waals surface area contributed by atoms with Crippen LogP contribution in [0.15, 0.2) is 18.2 Å². The molecule has 0 bridgehead atoms. The number of rotatable bonds is 4. The number of amides is 2. The molecule has 26 heavy (non-hydrogen) atoms. The van der Waals surface area contributed by atoms with Crippen molar-refractivity contribution in [2.45, 2.75) is 38.3 Å². The minimum Gasteiger partial charge on any atom is -0.381 e. The van der Waals surface area contributed by atoms with E-state index in [-0.39, 0.29) is 18.0 Å². The van der Waals surface area contributed by atoms with E-state index in [1.807, 2.05) is 17.0 Å². The van der Waals surface area contributed by atoms with Gasteiger partial charge in [-0.2, -0.15) is 0 Å². The lowest BCUT2D eigenvalue weighted by Gasteiger charge is -2.39. The van der Waals surface area contributed by atoms with E-state index < -0.39 is 5.91 Å². The molecule has 0 aromatic heterocycles. The lowest BCUT2D eigenvalue weighted by Crippen LogP contribution is -2.47. The lowest BCUT2D eigenvalue weighted by atomic mass is 9.99. The molecule has 0 radical (unpaired) electrons. The van der Waals surface area contributed by atoms with Crippen molar-refractivity contribution < 1.29 is 14.3 Å². The van der Waals surface area contributed by atoms with Crippen LogP contribution in [0.3, 0.4) is 0 Å². The summed E-state index contributed by atoms with van der Waals surface area (Å²) in [5.41, 5.74) is 7.28. The van der Waals surface area contributed by atoms with Crippen molar-refractivity contribution in [1.82, 2.24) is 9.80 Å². The van der Waals surface area contributed by atoms with Gasteiger partial charge in [-0.15, -0.1) is 0 Å². The van der Waals surface area contributed by atoms with Crippen LogP contribution in [0.5, 0.6) is 0 Å². The van der Waals surface area contributed by atoms with Crippen LogP contribution < -0.4 is 5.73 Å². The van der Waals surface area contributed by atoms with Gasteiger partial charge in [0.05, 0.1) is 23.8 Å². The van der Waals surface area contributed by atoms with Crippen molar-refractivity contribution in [3.8, 4) is 0 Å². The Kier molecular flexibility index (Phi) is 4.71. The van der Waals surface area contributed by atoms with E-state index in [9.17, 15) is 9.59 Å². The second kappa shape index (κ2) is 7.00. The molecule has 6 heteroatoms. The SMILES string of the molecule is CC1c2cccc(C(N)=O)c2C(=O)N1C1CCN(CC2CCOC2)CC1. The summed E-state index contributed by atoms with van der Waals surface area (Å²) >= 11 is 0. The normalized spacial score (nSPS) is 27.1. The van der Waals surface area contributed by atoms with Gasteiger partial charge in [-0.25, -0.2) is 0 Å². The van der Waals surface area contributed by atoms with E-state index in [0.29, 0.717) is 17.0 Å². The summed E-state index contributed by atoms with van der Waals surface area (Å²) in [7, 11) is 0. The number of nitrogens with zero attached hydrogens (tertiary/aromatic N) is 2. The third-order valence-corrected chi connectivity index (χ3v) is 6.17. The van der Waals surface area contributed by atoms with Crippen molar-refractivity contribution in [3.63, 3.8) is 0 Å². The van der Waals surface area contributed by atoms with Crippen molar-refractivity contribution in [1.29, 1.82) is 0 Å². The van der Waals surface area contributed by atoms with E-state index in [2.05, 4.69) is 11.8 Å². The third-order valence-electron chi connectivity index (χ3n) is 6.17. The van der Waals surface area contributed by atoms with Crippen molar-refractivity contribution >= 4 is 11.8 Å². The molecule has 0 aliphatic carbocycles. The number of primary amides is 1. The molecule has 1 aromatic carbocycles. The maximum Gasteiger partial charge on any atom is 0.255 e. The maximum absolute atomic E-state index is 13.1. The fourth-order valence-electron chi connectivity index (χ4n) is 4.77. The summed E-state index contributed by atoms with van der Waals surface area (Å²) in [6, 6.07) is 5.64. The molecule has 3 aliphatic heterocycles. The van der Waals surface area contributed by atoms with E-state index in [0.717, 1.165) is 57.7 Å². The monoisotopic (exact) mass is 357 g/mol. The van der Waals surface area contributed by atoms with Crippen LogP contribution >= 0.6 is 0 Å². The Morgan fingerprint density at radius 2 is 2.04 bits per heavy atom. The fraction of sp³-hybridized carbons (Fsp3) is 0.600. The lowest BCUT2D eigenvalue weighted by molar-refractivity contribution is 0.0498. The molecule has 6 nitrogen and oxygen atoms in total. The number of ether oxygens (including phenoxy) is 1. The molecule has 0 saturated carbocycles. The average Bonchev–Trinajstić information content (AvgIpc) is 3.23. The molecule has 2 fully saturated rings. The van der Waals surface area contributed by atoms with Crippen LogP contribution in [0, 0.1) is 5.92 Å². The predicted molar refractivity (Wildman–Crippen MR) is 97.9 cm³/mol. The van der Waals surface area contributed by atoms with Crippen LogP contribution in [-0.2, 0) is 4.74 Å². The molecule has 2 unspecified atom stereocenters. The molecule has 0 spiro atoms. The fourth-order valence-corrected chi connectivity index (χ4v) is 4.77. The largest absolute Gasteiger partial charge is 0.381 e. The van der Waals surface area contributed by atoms with Gasteiger partial charge < -0.3 is 20.3 Å². The summed E-state index contributed by atoms with van der Waals surface area (Å²) < 4.78 is 5.48. The number of carbonyl (C=O) groups is 2. The molecule has 3 heterocycles. The smallest absolute Gasteiger partial charge is 0.255 e. The van der Waals surface area contributed by atoms with Crippen molar-refractivity contribution in [2.75, 3.05) is 32.8 Å². The van der Waals surface area contributed by atoms with Crippen molar-refractivity contribution in [2.24, 2.45) is 11.7 Å². The quantitative estimate of drug-likeness (QED) is 0.892. The second-order valence-corrected chi connectivity index (χ2v) is 7.78. The van der Waals surface area contributed by atoms with E-state index in [1.165, 1.54) is 0 Å². The van der Waals surface area contributed by atoms with E-state index in [1.54, 1.807) is 6.07 Å². The minimum absolute atomic E-state index is 0.00316. The Morgan fingerprint density at radius 1 is 1.27 bits per heavy atom. The summed E-state index contributed by atoms with van der Waals surface area (Å²) in [6.07, 6.45) is 3.11. The van der Waals surface area contributed by atoms with Gasteiger partial charge in [0.25, 0.3) is 5.91 Å². The molecule has 2 saturated heterocycles. The Bertz CT molecular complexity index is 706. The number of hydrogen-bond acceptors (Lipinski definition) is 4. The first-order valence-electron chi connectivity index (χ1n) is 9.61. The molecule has 4 rings (SSSR count). The molecule has 3 aliphatic rings. The number of carbonyl (C=O) groups excluding carboxylic acids is 2. The molecule has 2 atom stereocenters. The Hall–Kier alpha value is -1.92. The van der Waals surface area contributed by atoms with Crippen molar-refractivity contribution in [3.05, 3.63) is 34.9 Å². The van der Waals surface area contributed by atoms with Gasteiger partial charge in [0.1, 0.15) is 0 Å². The Morgan fingerprint density at radius 3 is 2.69 bits per heavy atom. The van der Waals surface area contributed by atoms with Gasteiger partial charge >= 0.3 is 0 Å². The summed E-state index contributed by atoms with van der Waals surface area (Å²) in [5.74, 6) is 0.0867. The van der Waals surface area contributed by atoms with Gasteiger partial charge in [-0.05, 0) is 43.7 Å². The summed E-state index contributed by atoms with van der Waals surface area (Å²) in [4.78, 5) is 29.3. The maximum atomic E-state index is 13.1. The second-order valence-electron chi connectivity index (χ2n) is 7.78. The number of benzene rings is 1. The molecule has 1 aromatic rings. The highest BCUT2D eigenvalue weighted by Gasteiger charge is 2.41. The van der Waals surface area contributed by atoms with Gasteiger partial charge in [-0.3, -0.25) is 9.59 Å². The Labute approximate surface area is 154 Å². The van der Waals surface area contributed by atoms with Gasteiger partial charge in [0.2, 0.25) is 5.91 Å². The van der Waals surface area contributed by atoms with Crippen LogP contribution in [0.25, 0.3) is 0 Å². The molecule has 2 amide bonds. The van der Waals surface area contributed by atoms with E-state index in [4.69, 9.17) is 10.5 Å². The van der Waals surface area contributed by atoms with Gasteiger partial charge in [-0.1, -0.05) is 12.1 Å². The molecular weight excluding hydrogens is 330 g/mol. The number of piperidine rings is 1. The van der Waals surface area contributed by atoms with Crippen LogP contribution in [0.4, 0.5) is 0 Å². The highest BCUT2D eigenvalue weighted by Crippen LogP contribution is 2.38. The number of likely N-dealkylation sites (tertiary alicyclic amines) is 1. The Balaban J connectivity index is 1.45. The third kappa shape index (κ3) is 3.01. The topological polar surface area (TPSA) is 75.9 Å². The number of fused-ring (bicyclic) bond motifs is 1. The average molecular weight is 357 g/mol. The predicted octanol–water partition coefficient (Wildman–Crippen LogP) is 1.80. The highest BCUT2D eigenvalue weighted by molar-refractivity contribution is 6.09. The first-order chi connectivity index (χ1) is 12.6. The summed E-state index contributed by atoms with van der Waals surface area (Å²) in [6.45, 7) is 6.94. The standard InChI is InChI=1S/C20H27N3O3/c1-13-16-3-2-4-17(19(21)24)18(16)20(25)23(13)15-5-8-22(9-6-15)11-14-7-10-26-12-14/h2-4,13-15H,5-12H2,1H3,(H2,21,24). The van der Waals surface area contributed by atoms with Crippen LogP contribution in [-0.4, -0.2) is 60.5 Å². The first kappa shape index (κ1) is 17.5. The minimum atomic E-state index is -0.530. The molecule has 140 valence electrons. The van der Waals surface area contributed by atoms with Gasteiger partial charge in [0.15, 0.2) is 0 Å². The first-order valence-corrected chi connectivity index (χ1v) is 9.61. The zero-order chi connectivity index (χ0) is 18.3. The van der Waals surface area contributed by atoms with Gasteiger partial charge in [0, 0.05) is 32.3 Å². The van der Waals surface area contributed by atoms with E-state index >= 15 is 0 Å². The number of hydrogen-bond donors (Lipinski definition) is 1. The molecule has 2 N–H and O–H groups in total. The zero-order valence-electron chi connectivity index (χ0n) is 15.3. The molecular formula is C20H27N3O3.